The van der Waals surface area contributed by atoms with Crippen LogP contribution in [0.1, 0.15) is 39.5 Å². The Kier molecular flexibility index (Phi) is 3.56. The third kappa shape index (κ3) is 3.95. The van der Waals surface area contributed by atoms with Crippen LogP contribution in [0.2, 0.25) is 0 Å². The highest BCUT2D eigenvalue weighted by Gasteiger charge is 2.33. The molecule has 0 atom stereocenters. The summed E-state index contributed by atoms with van der Waals surface area (Å²) in [4.78, 5) is 2.02. The Balaban J connectivity index is 2.36. The van der Waals surface area contributed by atoms with Gasteiger partial charge in [0.15, 0.2) is 0 Å². The number of hydrogen-bond acceptors (Lipinski definition) is 3. The molecule has 0 bridgehead atoms. The van der Waals surface area contributed by atoms with Crippen LogP contribution in [0.15, 0.2) is 0 Å². The van der Waals surface area contributed by atoms with E-state index in [0.717, 1.165) is 25.7 Å². The third-order valence-corrected chi connectivity index (χ3v) is 2.76. The van der Waals surface area contributed by atoms with Gasteiger partial charge in [0, 0.05) is 13.1 Å². The van der Waals surface area contributed by atoms with Crippen LogP contribution in [-0.2, 0) is 0 Å². The van der Waals surface area contributed by atoms with Crippen molar-refractivity contribution in [2.24, 2.45) is 0 Å². The molecule has 0 aromatic heterocycles. The summed E-state index contributed by atoms with van der Waals surface area (Å²) in [5.74, 6) is 0. The smallest absolute Gasteiger partial charge is 0.0774 e. The van der Waals surface area contributed by atoms with Gasteiger partial charge >= 0.3 is 0 Å². The quantitative estimate of drug-likeness (QED) is 0.713. The Labute approximate surface area is 86.7 Å². The molecule has 0 unspecified atom stereocenters. The molecule has 0 spiro atoms. The van der Waals surface area contributed by atoms with Crippen LogP contribution in [0.5, 0.6) is 0 Å². The lowest BCUT2D eigenvalue weighted by molar-refractivity contribution is -0.0128. The average Bonchev–Trinajstić information content (AvgIpc) is 2.30. The molecule has 0 amide bonds. The fourth-order valence-electron chi connectivity index (χ4n) is 2.41. The van der Waals surface area contributed by atoms with Gasteiger partial charge in [0.2, 0.25) is 0 Å². The number of hydrogen-bond donors (Lipinski definition) is 2. The van der Waals surface area contributed by atoms with Crippen LogP contribution in [0.4, 0.5) is 0 Å². The van der Waals surface area contributed by atoms with Crippen LogP contribution in [0.3, 0.4) is 0 Å². The van der Waals surface area contributed by atoms with E-state index in [1.165, 1.54) is 0 Å². The topological polar surface area (TPSA) is 43.7 Å². The Morgan fingerprint density at radius 3 is 2.21 bits per heavy atom. The van der Waals surface area contributed by atoms with E-state index >= 15 is 0 Å². The molecule has 3 nitrogen and oxygen atoms in total. The predicted octanol–water partition coefficient (Wildman–Crippen LogP) is 0.994. The first-order chi connectivity index (χ1) is 6.31. The van der Waals surface area contributed by atoms with Gasteiger partial charge in [-0.3, -0.25) is 0 Å². The molecular weight excluding hydrogens is 178 g/mol. The number of likely N-dealkylation sites (N-methyl/N-ethyl adjacent to an activating group) is 1. The molecule has 0 heterocycles. The van der Waals surface area contributed by atoms with E-state index in [1.807, 2.05) is 11.9 Å². The lowest BCUT2D eigenvalue weighted by Crippen LogP contribution is -2.44. The molecule has 0 aromatic rings. The maximum Gasteiger partial charge on any atom is 0.0774 e. The lowest BCUT2D eigenvalue weighted by atomic mass is 10.0. The van der Waals surface area contributed by atoms with Gasteiger partial charge in [-0.05, 0) is 33.7 Å². The average molecular weight is 201 g/mol. The molecule has 0 aliphatic heterocycles. The van der Waals surface area contributed by atoms with Gasteiger partial charge in [-0.25, -0.2) is 0 Å². The zero-order chi connectivity index (χ0) is 10.8. The minimum Gasteiger partial charge on any atom is -0.389 e. The summed E-state index contributed by atoms with van der Waals surface area (Å²) in [5.41, 5.74) is -1.18. The fraction of sp³-hybridized carbons (Fsp3) is 1.00. The van der Waals surface area contributed by atoms with E-state index in [0.29, 0.717) is 13.1 Å². The van der Waals surface area contributed by atoms with Crippen molar-refractivity contribution >= 4 is 0 Å². The zero-order valence-corrected chi connectivity index (χ0v) is 9.58. The Morgan fingerprint density at radius 1 is 1.29 bits per heavy atom. The molecule has 84 valence electrons. The molecule has 0 radical (unpaired) electrons. The van der Waals surface area contributed by atoms with Crippen molar-refractivity contribution in [1.82, 2.24) is 4.90 Å². The first-order valence-electron chi connectivity index (χ1n) is 5.44. The molecule has 1 saturated carbocycles. The van der Waals surface area contributed by atoms with Crippen molar-refractivity contribution in [2.75, 3.05) is 20.1 Å². The van der Waals surface area contributed by atoms with E-state index in [2.05, 4.69) is 0 Å². The van der Waals surface area contributed by atoms with Gasteiger partial charge in [0.25, 0.3) is 0 Å². The second kappa shape index (κ2) is 4.17. The molecule has 3 heteroatoms. The van der Waals surface area contributed by atoms with E-state index in [9.17, 15) is 10.2 Å². The monoisotopic (exact) mass is 201 g/mol. The molecule has 2 N–H and O–H groups in total. The Bertz CT molecular complexity index is 180. The van der Waals surface area contributed by atoms with E-state index in [4.69, 9.17) is 0 Å². The summed E-state index contributed by atoms with van der Waals surface area (Å²) in [6.07, 6.45) is 4.08. The maximum absolute atomic E-state index is 10.1. The zero-order valence-electron chi connectivity index (χ0n) is 9.58. The molecule has 14 heavy (non-hydrogen) atoms. The largest absolute Gasteiger partial charge is 0.389 e. The molecule has 1 fully saturated rings. The first kappa shape index (κ1) is 12.0. The summed E-state index contributed by atoms with van der Waals surface area (Å²) in [6.45, 7) is 4.87. The van der Waals surface area contributed by atoms with Crippen molar-refractivity contribution in [1.29, 1.82) is 0 Å². The lowest BCUT2D eigenvalue weighted by Gasteiger charge is -2.32. The molecular formula is C11H23NO2. The van der Waals surface area contributed by atoms with Crippen LogP contribution in [-0.4, -0.2) is 46.5 Å². The van der Waals surface area contributed by atoms with Crippen molar-refractivity contribution in [3.63, 3.8) is 0 Å². The van der Waals surface area contributed by atoms with Gasteiger partial charge < -0.3 is 15.1 Å². The summed E-state index contributed by atoms with van der Waals surface area (Å²) in [5, 5.41) is 19.8. The molecule has 0 aromatic carbocycles. The van der Waals surface area contributed by atoms with Crippen molar-refractivity contribution in [3.05, 3.63) is 0 Å². The number of nitrogens with zero attached hydrogens (tertiary/aromatic N) is 1. The predicted molar refractivity (Wildman–Crippen MR) is 57.2 cm³/mol. The Hall–Kier alpha value is -0.120. The van der Waals surface area contributed by atoms with Crippen LogP contribution in [0.25, 0.3) is 0 Å². The minimum absolute atomic E-state index is 0.500. The second-order valence-corrected chi connectivity index (χ2v) is 5.42. The summed E-state index contributed by atoms with van der Waals surface area (Å²) in [7, 11) is 1.95. The fourth-order valence-corrected chi connectivity index (χ4v) is 2.41. The van der Waals surface area contributed by atoms with Crippen LogP contribution >= 0.6 is 0 Å². The van der Waals surface area contributed by atoms with Gasteiger partial charge in [-0.15, -0.1) is 0 Å². The SMILES string of the molecule is CN(CC(C)(C)O)CC1(O)CCCC1. The highest BCUT2D eigenvalue weighted by molar-refractivity contribution is 4.87. The van der Waals surface area contributed by atoms with Gasteiger partial charge in [-0.1, -0.05) is 12.8 Å². The summed E-state index contributed by atoms with van der Waals surface area (Å²) in [6, 6.07) is 0. The van der Waals surface area contributed by atoms with E-state index in [1.54, 1.807) is 13.8 Å². The van der Waals surface area contributed by atoms with Gasteiger partial charge in [0.05, 0.1) is 11.2 Å². The third-order valence-electron chi connectivity index (χ3n) is 2.76. The highest BCUT2D eigenvalue weighted by Crippen LogP contribution is 2.30. The summed E-state index contributed by atoms with van der Waals surface area (Å²) < 4.78 is 0. The molecule has 1 rings (SSSR count). The van der Waals surface area contributed by atoms with Crippen molar-refractivity contribution < 1.29 is 10.2 Å². The molecule has 1 aliphatic rings. The van der Waals surface area contributed by atoms with Crippen molar-refractivity contribution in [2.45, 2.75) is 50.7 Å². The molecule has 1 aliphatic carbocycles. The van der Waals surface area contributed by atoms with Crippen LogP contribution < -0.4 is 0 Å². The number of rotatable bonds is 4. The van der Waals surface area contributed by atoms with Gasteiger partial charge in [0.1, 0.15) is 0 Å². The van der Waals surface area contributed by atoms with E-state index < -0.39 is 11.2 Å². The Morgan fingerprint density at radius 2 is 1.79 bits per heavy atom. The van der Waals surface area contributed by atoms with Crippen LogP contribution in [0, 0.1) is 0 Å². The standard InChI is InChI=1S/C11H23NO2/c1-10(2,13)8-12(3)9-11(14)6-4-5-7-11/h13-14H,4-9H2,1-3H3. The van der Waals surface area contributed by atoms with Crippen molar-refractivity contribution in [3.8, 4) is 0 Å². The highest BCUT2D eigenvalue weighted by atomic mass is 16.3. The van der Waals surface area contributed by atoms with Gasteiger partial charge in [-0.2, -0.15) is 0 Å². The summed E-state index contributed by atoms with van der Waals surface area (Å²) >= 11 is 0. The molecule has 0 saturated heterocycles. The normalized spacial score (nSPS) is 21.9. The second-order valence-electron chi connectivity index (χ2n) is 5.42. The first-order valence-corrected chi connectivity index (χ1v) is 5.44. The maximum atomic E-state index is 10.1. The minimum atomic E-state index is -0.677. The number of aliphatic hydroxyl groups is 2. The van der Waals surface area contributed by atoms with E-state index in [-0.39, 0.29) is 0 Å².